The molecule has 3 aliphatic rings. The molecule has 0 fully saturated rings. The second-order valence-electron chi connectivity index (χ2n) is 10.9. The third-order valence-electron chi connectivity index (χ3n) is 8.11. The Morgan fingerprint density at radius 2 is 1.83 bits per heavy atom. The predicted octanol–water partition coefficient (Wildman–Crippen LogP) is 1.26. The van der Waals surface area contributed by atoms with Gasteiger partial charge in [0.1, 0.15) is 17.1 Å². The topological polar surface area (TPSA) is 203 Å². The molecule has 0 saturated carbocycles. The Balaban J connectivity index is 0.00000462. The Hall–Kier alpha value is -3.45. The average Bonchev–Trinajstić information content (AvgIpc) is 2.87. The molecule has 0 bridgehead atoms. The van der Waals surface area contributed by atoms with E-state index in [9.17, 15) is 39.6 Å². The van der Waals surface area contributed by atoms with Crippen LogP contribution < -0.4 is 16.4 Å². The third kappa shape index (κ3) is 5.32. The molecule has 0 radical (unpaired) electrons. The van der Waals surface area contributed by atoms with Gasteiger partial charge in [-0.25, -0.2) is 0 Å². The molecule has 13 heteroatoms. The highest BCUT2D eigenvalue weighted by molar-refractivity contribution is 6.25. The van der Waals surface area contributed by atoms with Crippen molar-refractivity contribution in [1.82, 2.24) is 10.2 Å². The van der Waals surface area contributed by atoms with Crippen molar-refractivity contribution in [3.8, 4) is 5.75 Å². The number of phenolic OH excluding ortho intramolecular Hbond substituents is 1. The van der Waals surface area contributed by atoms with Crippen molar-refractivity contribution in [3.05, 3.63) is 45.9 Å². The van der Waals surface area contributed by atoms with E-state index in [1.807, 2.05) is 0 Å². The first-order valence-corrected chi connectivity index (χ1v) is 13.4. The Kier molecular flexibility index (Phi) is 9.54. The smallest absolute Gasteiger partial charge is 0.255 e. The van der Waals surface area contributed by atoms with Crippen LogP contribution in [-0.4, -0.2) is 87.5 Å². The summed E-state index contributed by atoms with van der Waals surface area (Å²) < 4.78 is 0. The van der Waals surface area contributed by atoms with E-state index in [-0.39, 0.29) is 48.6 Å². The summed E-state index contributed by atoms with van der Waals surface area (Å²) in [6.45, 7) is 2.74. The van der Waals surface area contributed by atoms with Gasteiger partial charge in [-0.05, 0) is 57.5 Å². The molecule has 1 aromatic rings. The van der Waals surface area contributed by atoms with Crippen LogP contribution in [0.4, 0.5) is 5.69 Å². The monoisotopic (exact) mass is 592 g/mol. The van der Waals surface area contributed by atoms with E-state index in [2.05, 4.69) is 17.6 Å². The first-order valence-electron chi connectivity index (χ1n) is 13.4. The molecule has 3 aliphatic carbocycles. The zero-order chi connectivity index (χ0) is 29.5. The van der Waals surface area contributed by atoms with E-state index in [0.29, 0.717) is 12.1 Å². The van der Waals surface area contributed by atoms with Gasteiger partial charge in [0.25, 0.3) is 5.91 Å². The van der Waals surface area contributed by atoms with Crippen molar-refractivity contribution in [1.29, 1.82) is 0 Å². The standard InChI is InChI=1S/C28H36N4O8.ClH/c1-4-5-6-9-30-12-17(33)31-16-8-7-13-10-14-11-15-21(32(2)3)24(36)20(27(29)39)26(38)28(15,40)25(37)19(14)23(35)18(13)22(16)34;/h7-8,14-15,21,30,34,36-37,40H,4-6,9-12H2,1-3H3,(H2,29,39)(H,31,33);1H/t14?,15?,21-,28?;/m0./s1. The van der Waals surface area contributed by atoms with Crippen molar-refractivity contribution in [2.24, 2.45) is 17.6 Å². The van der Waals surface area contributed by atoms with Crippen molar-refractivity contribution in [2.45, 2.75) is 50.7 Å². The van der Waals surface area contributed by atoms with Crippen LogP contribution in [0.15, 0.2) is 34.8 Å². The Morgan fingerprint density at radius 3 is 2.44 bits per heavy atom. The molecule has 2 amide bonds. The molecule has 8 N–H and O–H groups in total. The molecule has 0 heterocycles. The van der Waals surface area contributed by atoms with Gasteiger partial charge in [-0.2, -0.15) is 0 Å². The first kappa shape index (κ1) is 32.1. The number of carbonyl (C=O) groups is 4. The molecule has 0 saturated heterocycles. The molecule has 1 aromatic carbocycles. The van der Waals surface area contributed by atoms with Gasteiger partial charge in [-0.3, -0.25) is 24.1 Å². The number of nitrogens with one attached hydrogen (secondary N) is 2. The van der Waals surface area contributed by atoms with Gasteiger partial charge < -0.3 is 36.8 Å². The lowest BCUT2D eigenvalue weighted by Gasteiger charge is -2.50. The fraction of sp³-hybridized carbons (Fsp3) is 0.500. The number of benzene rings is 1. The lowest BCUT2D eigenvalue weighted by atomic mass is 9.58. The van der Waals surface area contributed by atoms with Gasteiger partial charge >= 0.3 is 0 Å². The number of aliphatic hydroxyl groups is 3. The number of Topliss-reactive ketones (excluding diaryl/α,β-unsaturated/α-hetero) is 2. The minimum Gasteiger partial charge on any atom is -0.510 e. The highest BCUT2D eigenvalue weighted by Gasteiger charge is 2.63. The van der Waals surface area contributed by atoms with Crippen molar-refractivity contribution < 1.29 is 39.6 Å². The van der Waals surface area contributed by atoms with Crippen LogP contribution in [0.2, 0.25) is 0 Å². The van der Waals surface area contributed by atoms with Crippen LogP contribution in [0.5, 0.6) is 5.75 Å². The number of nitrogens with zero attached hydrogens (tertiary/aromatic N) is 1. The fourth-order valence-electron chi connectivity index (χ4n) is 6.22. The third-order valence-corrected chi connectivity index (χ3v) is 8.11. The van der Waals surface area contributed by atoms with Crippen LogP contribution in [0.25, 0.3) is 0 Å². The van der Waals surface area contributed by atoms with Gasteiger partial charge in [0, 0.05) is 11.5 Å². The van der Waals surface area contributed by atoms with E-state index in [4.69, 9.17) is 5.73 Å². The second-order valence-corrected chi connectivity index (χ2v) is 10.9. The minimum atomic E-state index is -2.70. The Morgan fingerprint density at radius 1 is 1.15 bits per heavy atom. The van der Waals surface area contributed by atoms with Crippen LogP contribution >= 0.6 is 12.4 Å². The molecule has 0 aromatic heterocycles. The molecule has 224 valence electrons. The number of aromatic hydroxyl groups is 1. The summed E-state index contributed by atoms with van der Waals surface area (Å²) in [6.07, 6.45) is 3.18. The van der Waals surface area contributed by atoms with Crippen molar-refractivity contribution >= 4 is 41.5 Å². The van der Waals surface area contributed by atoms with Gasteiger partial charge in [0.15, 0.2) is 17.1 Å². The summed E-state index contributed by atoms with van der Waals surface area (Å²) in [7, 11) is 3.14. The molecule has 4 rings (SSSR count). The predicted molar refractivity (Wildman–Crippen MR) is 152 cm³/mol. The number of allylic oxidation sites excluding steroid dienone is 1. The van der Waals surface area contributed by atoms with Gasteiger partial charge in [0.05, 0.1) is 23.8 Å². The largest absolute Gasteiger partial charge is 0.510 e. The maximum absolute atomic E-state index is 13.7. The van der Waals surface area contributed by atoms with Crippen molar-refractivity contribution in [3.63, 3.8) is 0 Å². The van der Waals surface area contributed by atoms with Crippen LogP contribution in [0, 0.1) is 11.8 Å². The number of anilines is 1. The van der Waals surface area contributed by atoms with Gasteiger partial charge in [-0.15, -0.1) is 12.4 Å². The molecule has 4 atom stereocenters. The van der Waals surface area contributed by atoms with Crippen molar-refractivity contribution in [2.75, 3.05) is 32.5 Å². The maximum Gasteiger partial charge on any atom is 0.255 e. The van der Waals surface area contributed by atoms with Crippen LogP contribution in [-0.2, 0) is 20.8 Å². The van der Waals surface area contributed by atoms with E-state index < -0.39 is 69.7 Å². The van der Waals surface area contributed by atoms with Crippen LogP contribution in [0.3, 0.4) is 0 Å². The lowest BCUT2D eigenvalue weighted by molar-refractivity contribution is -0.148. The number of fused-ring (bicyclic) bond motifs is 3. The molecular formula is C28H37ClN4O8. The number of ketones is 2. The highest BCUT2D eigenvalue weighted by Crippen LogP contribution is 2.52. The number of amides is 2. The van der Waals surface area contributed by atoms with E-state index >= 15 is 0 Å². The molecule has 0 spiro atoms. The molecule has 41 heavy (non-hydrogen) atoms. The number of aliphatic hydroxyl groups excluding tert-OH is 2. The summed E-state index contributed by atoms with van der Waals surface area (Å²) in [5.74, 6) is -7.58. The molecular weight excluding hydrogens is 556 g/mol. The lowest BCUT2D eigenvalue weighted by Crippen LogP contribution is -2.63. The Bertz CT molecular complexity index is 1340. The Labute approximate surface area is 243 Å². The molecule has 3 unspecified atom stereocenters. The SMILES string of the molecule is CCCCCNCC(=O)Nc1ccc2c(c1O)C(=O)C1=C(O)C3(O)C(=O)C(C(N)=O)=C(O)[C@@H](N(C)C)C3CC1C2.Cl. The number of phenols is 1. The number of rotatable bonds is 9. The molecule has 0 aliphatic heterocycles. The summed E-state index contributed by atoms with van der Waals surface area (Å²) in [4.78, 5) is 53.0. The number of primary amides is 1. The zero-order valence-electron chi connectivity index (χ0n) is 23.2. The zero-order valence-corrected chi connectivity index (χ0v) is 24.0. The first-order chi connectivity index (χ1) is 18.9. The quantitative estimate of drug-likeness (QED) is 0.124. The highest BCUT2D eigenvalue weighted by atomic mass is 35.5. The number of hydrogen-bond donors (Lipinski definition) is 7. The van der Waals surface area contributed by atoms with Gasteiger partial charge in [-0.1, -0.05) is 25.8 Å². The normalized spacial score (nSPS) is 25.3. The summed E-state index contributed by atoms with van der Waals surface area (Å²) >= 11 is 0. The summed E-state index contributed by atoms with van der Waals surface area (Å²) in [5.41, 5.74) is 1.84. The van der Waals surface area contributed by atoms with Gasteiger partial charge in [0.2, 0.25) is 11.7 Å². The summed E-state index contributed by atoms with van der Waals surface area (Å²) in [6, 6.07) is 2.04. The number of unbranched alkanes of at least 4 members (excludes halogenated alkanes) is 2. The van der Waals surface area contributed by atoms with Crippen LogP contribution in [0.1, 0.15) is 48.5 Å². The number of halogens is 1. The van der Waals surface area contributed by atoms with E-state index in [1.54, 1.807) is 20.2 Å². The summed E-state index contributed by atoms with van der Waals surface area (Å²) in [5, 5.41) is 50.3. The number of likely N-dealkylation sites (N-methyl/N-ethyl adjacent to an activating group) is 1. The minimum absolute atomic E-state index is 0. The van der Waals surface area contributed by atoms with E-state index in [1.165, 1.54) is 11.0 Å². The molecule has 12 nitrogen and oxygen atoms in total. The fourth-order valence-corrected chi connectivity index (χ4v) is 6.22. The maximum atomic E-state index is 13.7. The number of carbonyl (C=O) groups excluding carboxylic acids is 4. The number of hydrogen-bond acceptors (Lipinski definition) is 10. The second kappa shape index (κ2) is 12.2. The van der Waals surface area contributed by atoms with E-state index in [0.717, 1.165) is 19.3 Å². The number of nitrogens with two attached hydrogens (primary N) is 1. The average molecular weight is 593 g/mol.